The lowest BCUT2D eigenvalue weighted by molar-refractivity contribution is -0.252. The molecule has 2 bridgehead atoms. The van der Waals surface area contributed by atoms with Crippen LogP contribution in [0.3, 0.4) is 0 Å². The van der Waals surface area contributed by atoms with Crippen molar-refractivity contribution in [3.8, 4) is 0 Å². The van der Waals surface area contributed by atoms with Gasteiger partial charge in [-0.2, -0.15) is 13.2 Å². The fraction of sp³-hybridized carbons (Fsp3) is 0.889. The zero-order valence-electron chi connectivity index (χ0n) is 14.7. The smallest absolute Gasteiger partial charge is 0.431 e. The van der Waals surface area contributed by atoms with Crippen molar-refractivity contribution in [2.24, 2.45) is 23.7 Å². The Bertz CT molecular complexity index is 558. The molecule has 0 aromatic heterocycles. The Balaban J connectivity index is 1.70. The fourth-order valence-corrected chi connectivity index (χ4v) is 4.86. The summed E-state index contributed by atoms with van der Waals surface area (Å²) < 4.78 is 73.3. The third kappa shape index (κ3) is 4.37. The molecule has 3 saturated carbocycles. The van der Waals surface area contributed by atoms with Crippen LogP contribution in [-0.2, 0) is 19.1 Å². The lowest BCUT2D eigenvalue weighted by atomic mass is 9.79. The van der Waals surface area contributed by atoms with Crippen LogP contribution in [0.25, 0.3) is 0 Å². The van der Waals surface area contributed by atoms with E-state index in [4.69, 9.17) is 4.74 Å². The van der Waals surface area contributed by atoms with Crippen LogP contribution in [-0.4, -0.2) is 36.7 Å². The summed E-state index contributed by atoms with van der Waals surface area (Å²) in [5.41, 5.74) is 0. The molecule has 5 unspecified atom stereocenters. The molecule has 27 heavy (non-hydrogen) atoms. The molecule has 0 amide bonds. The van der Waals surface area contributed by atoms with Gasteiger partial charge in [-0.3, -0.25) is 9.59 Å². The van der Waals surface area contributed by atoms with Gasteiger partial charge in [-0.05, 0) is 56.8 Å². The highest BCUT2D eigenvalue weighted by Gasteiger charge is 2.58. The molecule has 9 heteroatoms. The van der Waals surface area contributed by atoms with Crippen molar-refractivity contribution >= 4 is 11.9 Å². The number of esters is 2. The Morgan fingerprint density at radius 2 is 1.41 bits per heavy atom. The summed E-state index contributed by atoms with van der Waals surface area (Å²) in [5.74, 6) is -4.49. The highest BCUT2D eigenvalue weighted by molar-refractivity contribution is 5.84. The van der Waals surface area contributed by atoms with E-state index in [-0.39, 0.29) is 17.9 Å². The first-order valence-corrected chi connectivity index (χ1v) is 9.44. The van der Waals surface area contributed by atoms with E-state index in [9.17, 15) is 31.5 Å². The van der Waals surface area contributed by atoms with Crippen molar-refractivity contribution in [1.82, 2.24) is 0 Å². The Morgan fingerprint density at radius 1 is 0.852 bits per heavy atom. The predicted octanol–water partition coefficient (Wildman–Crippen LogP) is 4.26. The largest absolute Gasteiger partial charge is 0.462 e. The highest BCUT2D eigenvalue weighted by Crippen LogP contribution is 2.53. The first kappa shape index (κ1) is 20.3. The number of alkyl halides is 5. The second kappa shape index (κ2) is 7.91. The maximum absolute atomic E-state index is 12.7. The molecule has 0 aromatic rings. The number of halogens is 5. The molecule has 0 heterocycles. The van der Waals surface area contributed by atoms with E-state index in [0.717, 1.165) is 32.1 Å². The van der Waals surface area contributed by atoms with Gasteiger partial charge in [-0.1, -0.05) is 6.42 Å². The number of carbonyl (C=O) groups is 2. The lowest BCUT2D eigenvalue weighted by Crippen LogP contribution is -2.44. The highest BCUT2D eigenvalue weighted by atomic mass is 19.4. The average molecular weight is 398 g/mol. The van der Waals surface area contributed by atoms with E-state index in [2.05, 4.69) is 4.74 Å². The molecule has 0 aromatic carbocycles. The van der Waals surface area contributed by atoms with Gasteiger partial charge in [0, 0.05) is 0 Å². The van der Waals surface area contributed by atoms with Crippen LogP contribution < -0.4 is 0 Å². The number of fused-ring (bicyclic) bond motifs is 2. The molecule has 0 spiro atoms. The molecule has 154 valence electrons. The van der Waals surface area contributed by atoms with Crippen LogP contribution in [0, 0.1) is 23.7 Å². The summed E-state index contributed by atoms with van der Waals surface area (Å²) in [4.78, 5) is 25.0. The number of hydrogen-bond acceptors (Lipinski definition) is 4. The molecule has 0 saturated heterocycles. The van der Waals surface area contributed by atoms with Gasteiger partial charge in [0.15, 0.2) is 0 Å². The van der Waals surface area contributed by atoms with Gasteiger partial charge in [0.05, 0.1) is 11.8 Å². The molecule has 0 aliphatic heterocycles. The molecule has 3 rings (SSSR count). The first-order valence-electron chi connectivity index (χ1n) is 9.44. The first-order chi connectivity index (χ1) is 12.7. The minimum absolute atomic E-state index is 0.167. The third-order valence-electron chi connectivity index (χ3n) is 6.09. The van der Waals surface area contributed by atoms with Gasteiger partial charge in [0.1, 0.15) is 6.10 Å². The third-order valence-corrected chi connectivity index (χ3v) is 6.09. The van der Waals surface area contributed by atoms with Crippen LogP contribution in [0.5, 0.6) is 0 Å². The Hall–Kier alpha value is -1.41. The standard InChI is InChI=1S/C18H23F5O4/c19-15(20)14(18(21,22)23)27-17(25)13-10-7-6-9(8-10)12(13)16(24)26-11-4-2-1-3-5-11/h9-15H,1-8H2. The maximum Gasteiger partial charge on any atom is 0.431 e. The second-order valence-corrected chi connectivity index (χ2v) is 7.82. The van der Waals surface area contributed by atoms with E-state index < -0.39 is 42.5 Å². The molecule has 3 aliphatic rings. The van der Waals surface area contributed by atoms with Gasteiger partial charge < -0.3 is 9.47 Å². The maximum atomic E-state index is 12.7. The summed E-state index contributed by atoms with van der Waals surface area (Å²) in [6.45, 7) is 0. The molecule has 0 N–H and O–H groups in total. The minimum Gasteiger partial charge on any atom is -0.462 e. The predicted molar refractivity (Wildman–Crippen MR) is 82.7 cm³/mol. The van der Waals surface area contributed by atoms with Crippen molar-refractivity contribution in [3.63, 3.8) is 0 Å². The molecular formula is C18H23F5O4. The zero-order valence-corrected chi connectivity index (χ0v) is 14.7. The van der Waals surface area contributed by atoms with E-state index in [1.54, 1.807) is 0 Å². The van der Waals surface area contributed by atoms with Gasteiger partial charge in [0.25, 0.3) is 12.5 Å². The van der Waals surface area contributed by atoms with Gasteiger partial charge in [-0.25, -0.2) is 8.78 Å². The molecular weight excluding hydrogens is 375 g/mol. The number of hydrogen-bond donors (Lipinski definition) is 0. The fourth-order valence-electron chi connectivity index (χ4n) is 4.86. The van der Waals surface area contributed by atoms with Crippen molar-refractivity contribution in [3.05, 3.63) is 0 Å². The van der Waals surface area contributed by atoms with Crippen LogP contribution in [0.15, 0.2) is 0 Å². The summed E-state index contributed by atoms with van der Waals surface area (Å²) in [6.07, 6.45) is -6.82. The second-order valence-electron chi connectivity index (χ2n) is 7.82. The number of ether oxygens (including phenoxy) is 2. The van der Waals surface area contributed by atoms with Gasteiger partial charge >= 0.3 is 18.1 Å². The van der Waals surface area contributed by atoms with Crippen molar-refractivity contribution in [2.45, 2.75) is 76.2 Å². The van der Waals surface area contributed by atoms with E-state index in [1.807, 2.05) is 0 Å². The van der Waals surface area contributed by atoms with E-state index in [0.29, 0.717) is 19.3 Å². The summed E-state index contributed by atoms with van der Waals surface area (Å²) in [6, 6.07) is 0. The Kier molecular flexibility index (Phi) is 5.96. The summed E-state index contributed by atoms with van der Waals surface area (Å²) in [5, 5.41) is 0. The topological polar surface area (TPSA) is 52.6 Å². The molecule has 3 fully saturated rings. The number of carbonyl (C=O) groups excluding carboxylic acids is 2. The van der Waals surface area contributed by atoms with Crippen molar-refractivity contribution < 1.29 is 41.0 Å². The quantitative estimate of drug-likeness (QED) is 0.513. The minimum atomic E-state index is -5.36. The average Bonchev–Trinajstić information content (AvgIpc) is 3.20. The van der Waals surface area contributed by atoms with Gasteiger partial charge in [0.2, 0.25) is 0 Å². The van der Waals surface area contributed by atoms with Crippen LogP contribution in [0.4, 0.5) is 22.0 Å². The Morgan fingerprint density at radius 3 is 1.93 bits per heavy atom. The molecule has 4 nitrogen and oxygen atoms in total. The molecule has 3 aliphatic carbocycles. The van der Waals surface area contributed by atoms with Crippen LogP contribution >= 0.6 is 0 Å². The van der Waals surface area contributed by atoms with Crippen molar-refractivity contribution in [2.75, 3.05) is 0 Å². The summed E-state index contributed by atoms with van der Waals surface area (Å²) >= 11 is 0. The van der Waals surface area contributed by atoms with E-state index >= 15 is 0 Å². The summed E-state index contributed by atoms with van der Waals surface area (Å²) in [7, 11) is 0. The monoisotopic (exact) mass is 398 g/mol. The lowest BCUT2D eigenvalue weighted by Gasteiger charge is -2.31. The molecule has 5 atom stereocenters. The van der Waals surface area contributed by atoms with Crippen molar-refractivity contribution in [1.29, 1.82) is 0 Å². The van der Waals surface area contributed by atoms with Crippen LogP contribution in [0.1, 0.15) is 51.4 Å². The van der Waals surface area contributed by atoms with Gasteiger partial charge in [-0.15, -0.1) is 0 Å². The number of rotatable bonds is 5. The SMILES string of the molecule is O=C(OC1CCCCC1)C1C2CCC(C2)C1C(=O)OC(C(F)F)C(F)(F)F. The molecule has 0 radical (unpaired) electrons. The zero-order chi connectivity index (χ0) is 19.8. The van der Waals surface area contributed by atoms with Crippen LogP contribution in [0.2, 0.25) is 0 Å². The Labute approximate surface area is 153 Å². The van der Waals surface area contributed by atoms with E-state index in [1.165, 1.54) is 0 Å². The normalized spacial score (nSPS) is 32.5.